The molecule has 0 N–H and O–H groups in total. The summed E-state index contributed by atoms with van der Waals surface area (Å²) in [5.41, 5.74) is 1.85. The molecule has 2 aliphatic heterocycles. The van der Waals surface area contributed by atoms with Crippen molar-refractivity contribution in [2.75, 3.05) is 18.0 Å². The van der Waals surface area contributed by atoms with Crippen molar-refractivity contribution in [3.05, 3.63) is 29.8 Å². The van der Waals surface area contributed by atoms with E-state index >= 15 is 0 Å². The first-order valence-electron chi connectivity index (χ1n) is 12.6. The molecule has 31 heavy (non-hydrogen) atoms. The van der Waals surface area contributed by atoms with E-state index in [-0.39, 0.29) is 17.5 Å². The third kappa shape index (κ3) is 3.12. The van der Waals surface area contributed by atoms with Gasteiger partial charge in [0.2, 0.25) is 5.91 Å². The predicted octanol–water partition coefficient (Wildman–Crippen LogP) is 5.20. The number of nitrogens with zero attached hydrogens (tertiary/aromatic N) is 3. The lowest BCUT2D eigenvalue weighted by atomic mass is 9.53. The van der Waals surface area contributed by atoms with Gasteiger partial charge in [0.1, 0.15) is 5.84 Å². The first-order valence-corrected chi connectivity index (χ1v) is 12.6. The summed E-state index contributed by atoms with van der Waals surface area (Å²) >= 11 is 0. The fourth-order valence-electron chi connectivity index (χ4n) is 8.07. The van der Waals surface area contributed by atoms with Crippen molar-refractivity contribution in [3.8, 4) is 0 Å². The van der Waals surface area contributed by atoms with Gasteiger partial charge >= 0.3 is 0 Å². The molecule has 7 rings (SSSR count). The van der Waals surface area contributed by atoms with Crippen LogP contribution in [0.15, 0.2) is 29.3 Å². The van der Waals surface area contributed by atoms with E-state index in [4.69, 9.17) is 4.99 Å². The Morgan fingerprint density at radius 1 is 0.903 bits per heavy atom. The molecule has 0 radical (unpaired) electrons. The van der Waals surface area contributed by atoms with Gasteiger partial charge in [-0.2, -0.15) is 0 Å². The number of hydrogen-bond donors (Lipinski definition) is 0. The molecule has 166 valence electrons. The van der Waals surface area contributed by atoms with Crippen LogP contribution < -0.4 is 4.90 Å². The Bertz CT molecular complexity index is 874. The van der Waals surface area contributed by atoms with E-state index in [0.29, 0.717) is 0 Å². The normalized spacial score (nSPS) is 40.4. The minimum absolute atomic E-state index is 0.0751. The molecular weight excluding hydrogens is 382 g/mol. The van der Waals surface area contributed by atoms with Crippen LogP contribution >= 0.6 is 0 Å². The van der Waals surface area contributed by atoms with Crippen molar-refractivity contribution in [1.82, 2.24) is 4.90 Å². The third-order valence-corrected chi connectivity index (χ3v) is 9.07. The molecule has 0 aromatic heterocycles. The third-order valence-electron chi connectivity index (χ3n) is 9.07. The molecule has 0 unspecified atom stereocenters. The zero-order chi connectivity index (χ0) is 21.4. The molecule has 6 aliphatic rings. The van der Waals surface area contributed by atoms with Gasteiger partial charge in [-0.15, -0.1) is 0 Å². The number of hydrogen-bond acceptors (Lipinski definition) is 3. The number of carbonyl (C=O) groups is 1. The van der Waals surface area contributed by atoms with Crippen LogP contribution in [-0.4, -0.2) is 41.3 Å². The highest BCUT2D eigenvalue weighted by molar-refractivity contribution is 6.27. The maximum absolute atomic E-state index is 13.9. The summed E-state index contributed by atoms with van der Waals surface area (Å²) in [6.07, 6.45) is 10.5. The van der Waals surface area contributed by atoms with Gasteiger partial charge < -0.3 is 0 Å². The van der Waals surface area contributed by atoms with Crippen molar-refractivity contribution in [2.24, 2.45) is 28.2 Å². The molecule has 1 amide bonds. The van der Waals surface area contributed by atoms with E-state index < -0.39 is 5.41 Å². The van der Waals surface area contributed by atoms with E-state index in [2.05, 4.69) is 49.9 Å². The second-order valence-electron chi connectivity index (χ2n) is 12.0. The van der Waals surface area contributed by atoms with Crippen molar-refractivity contribution in [1.29, 1.82) is 0 Å². The van der Waals surface area contributed by atoms with E-state index in [1.807, 2.05) is 4.90 Å². The number of aryl methyl sites for hydroxylation is 1. The molecule has 4 bridgehead atoms. The Labute approximate surface area is 187 Å². The average Bonchev–Trinajstić information content (AvgIpc) is 3.27. The van der Waals surface area contributed by atoms with Crippen LogP contribution in [0.25, 0.3) is 0 Å². The zero-order valence-corrected chi connectivity index (χ0v) is 19.4. The Morgan fingerprint density at radius 2 is 1.45 bits per heavy atom. The van der Waals surface area contributed by atoms with Crippen LogP contribution in [0.1, 0.15) is 70.8 Å². The molecular formula is C27H37N3O. The smallest absolute Gasteiger partial charge is 0.240 e. The number of rotatable bonds is 3. The summed E-state index contributed by atoms with van der Waals surface area (Å²) in [6, 6.07) is 8.58. The van der Waals surface area contributed by atoms with Gasteiger partial charge in [-0.05, 0) is 115 Å². The van der Waals surface area contributed by atoms with Gasteiger partial charge in [0.25, 0.3) is 0 Å². The Balaban J connectivity index is 1.48. The maximum Gasteiger partial charge on any atom is 0.240 e. The molecule has 4 nitrogen and oxygen atoms in total. The fourth-order valence-corrected chi connectivity index (χ4v) is 8.07. The van der Waals surface area contributed by atoms with E-state index in [9.17, 15) is 4.79 Å². The second kappa shape index (κ2) is 6.91. The highest BCUT2D eigenvalue weighted by Gasteiger charge is 2.57. The van der Waals surface area contributed by atoms with Crippen molar-refractivity contribution in [3.63, 3.8) is 0 Å². The number of amidine groups is 1. The number of amides is 1. The van der Waals surface area contributed by atoms with Crippen molar-refractivity contribution < 1.29 is 4.79 Å². The maximum atomic E-state index is 13.9. The monoisotopic (exact) mass is 419 g/mol. The van der Waals surface area contributed by atoms with Crippen molar-refractivity contribution >= 4 is 17.4 Å². The number of benzene rings is 1. The Kier molecular flexibility index (Phi) is 4.45. The summed E-state index contributed by atoms with van der Waals surface area (Å²) < 4.78 is 0. The summed E-state index contributed by atoms with van der Waals surface area (Å²) in [7, 11) is 0. The number of carbonyl (C=O) groups excluding carboxylic acids is 1. The minimum Gasteiger partial charge on any atom is -0.293 e. The van der Waals surface area contributed by atoms with Crippen LogP contribution in [0.3, 0.4) is 0 Å². The van der Waals surface area contributed by atoms with E-state index in [1.165, 1.54) is 56.9 Å². The summed E-state index contributed by atoms with van der Waals surface area (Å²) in [5, 5.41) is 0. The lowest BCUT2D eigenvalue weighted by Gasteiger charge is -2.55. The molecule has 4 heteroatoms. The van der Waals surface area contributed by atoms with Crippen LogP contribution in [0.2, 0.25) is 0 Å². The van der Waals surface area contributed by atoms with Gasteiger partial charge in [0, 0.05) is 0 Å². The Hall–Kier alpha value is -1.68. The molecule has 2 heterocycles. The second-order valence-corrected chi connectivity index (χ2v) is 12.0. The summed E-state index contributed by atoms with van der Waals surface area (Å²) in [4.78, 5) is 24.2. The molecule has 4 saturated carbocycles. The quantitative estimate of drug-likeness (QED) is 0.675. The zero-order valence-electron chi connectivity index (χ0n) is 19.4. The van der Waals surface area contributed by atoms with Gasteiger partial charge in [-0.25, -0.2) is 0 Å². The molecule has 2 saturated heterocycles. The highest BCUT2D eigenvalue weighted by Crippen LogP contribution is 2.58. The fraction of sp³-hybridized carbons (Fsp3) is 0.704. The van der Waals surface area contributed by atoms with Gasteiger partial charge in [-0.1, -0.05) is 17.7 Å². The number of anilines is 1. The molecule has 1 atom stereocenters. The first kappa shape index (κ1) is 20.0. The molecule has 1 aromatic rings. The summed E-state index contributed by atoms with van der Waals surface area (Å²) in [6.45, 7) is 8.59. The number of aliphatic imine (C=N–C) groups is 1. The number of likely N-dealkylation sites (tertiary alicyclic amines) is 1. The van der Waals surface area contributed by atoms with E-state index in [1.54, 1.807) is 0 Å². The van der Waals surface area contributed by atoms with E-state index in [0.717, 1.165) is 42.4 Å². The first-order chi connectivity index (χ1) is 14.8. The standard InChI is InChI=1S/C27H37N3O/c1-18-6-8-22(9-7-18)30-24(23(26(2,3)25(30)31)29-10-4-5-11-29)28-27-15-19-12-20(16-27)14-21(13-19)17-27/h6-9,19-21,23H,4-5,10-17H2,1-3H3/t19?,20?,21?,23-,27?/m1/s1. The predicted molar refractivity (Wildman–Crippen MR) is 125 cm³/mol. The van der Waals surface area contributed by atoms with Crippen molar-refractivity contribution in [2.45, 2.75) is 83.7 Å². The van der Waals surface area contributed by atoms with Crippen LogP contribution in [0.4, 0.5) is 5.69 Å². The Morgan fingerprint density at radius 3 is 2.00 bits per heavy atom. The van der Waals surface area contributed by atoms with Gasteiger partial charge in [-0.3, -0.25) is 19.6 Å². The van der Waals surface area contributed by atoms with Gasteiger partial charge in [0.05, 0.1) is 22.7 Å². The lowest BCUT2D eigenvalue weighted by Crippen LogP contribution is -2.52. The lowest BCUT2D eigenvalue weighted by molar-refractivity contribution is -0.125. The minimum atomic E-state index is -0.448. The topological polar surface area (TPSA) is 35.9 Å². The molecule has 0 spiro atoms. The molecule has 1 aromatic carbocycles. The summed E-state index contributed by atoms with van der Waals surface area (Å²) in [5.74, 6) is 3.86. The van der Waals surface area contributed by atoms with Crippen LogP contribution in [0, 0.1) is 30.1 Å². The largest absolute Gasteiger partial charge is 0.293 e. The van der Waals surface area contributed by atoms with Gasteiger partial charge in [0.15, 0.2) is 0 Å². The van der Waals surface area contributed by atoms with Crippen LogP contribution in [0.5, 0.6) is 0 Å². The highest BCUT2D eigenvalue weighted by atomic mass is 16.2. The molecule has 4 aliphatic carbocycles. The average molecular weight is 420 g/mol. The molecule has 6 fully saturated rings. The SMILES string of the molecule is Cc1ccc(N2C(=O)C(C)(C)[C@H](N3CCCC3)C2=NC23CC4CC(CC(C4)C2)C3)cc1. The van der Waals surface area contributed by atoms with Crippen LogP contribution in [-0.2, 0) is 4.79 Å².